The highest BCUT2D eigenvalue weighted by atomic mass is 127. The number of hydrogen-bond acceptors (Lipinski definition) is 0. The van der Waals surface area contributed by atoms with Crippen LogP contribution < -0.4 is 0 Å². The van der Waals surface area contributed by atoms with Gasteiger partial charge in [0.25, 0.3) is 0 Å². The zero-order valence-corrected chi connectivity index (χ0v) is 8.98. The SMILES string of the molecule is IC1(I)CC[CH]CC1. The predicted molar refractivity (Wildman–Crippen MR) is 53.5 cm³/mol. The lowest BCUT2D eigenvalue weighted by atomic mass is 10.0. The van der Waals surface area contributed by atoms with Gasteiger partial charge in [-0.3, -0.25) is 0 Å². The fraction of sp³-hybridized carbons (Fsp3) is 0.833. The fourth-order valence-electron chi connectivity index (χ4n) is 0.896. The molecule has 1 radical (unpaired) electrons. The van der Waals surface area contributed by atoms with E-state index in [0.29, 0.717) is 1.43 Å². The van der Waals surface area contributed by atoms with Gasteiger partial charge in [-0.15, -0.1) is 0 Å². The zero-order valence-electron chi connectivity index (χ0n) is 4.66. The van der Waals surface area contributed by atoms with Crippen LogP contribution in [0.2, 0.25) is 0 Å². The van der Waals surface area contributed by atoms with Gasteiger partial charge in [-0.2, -0.15) is 0 Å². The maximum atomic E-state index is 2.56. The van der Waals surface area contributed by atoms with Crippen molar-refractivity contribution < 1.29 is 0 Å². The Hall–Kier alpha value is 1.46. The monoisotopic (exact) mass is 335 g/mol. The third-order valence-corrected chi connectivity index (χ3v) is 3.59. The normalized spacial score (nSPS) is 27.8. The highest BCUT2D eigenvalue weighted by Crippen LogP contribution is 2.41. The molecule has 0 aromatic rings. The molecule has 0 saturated heterocycles. The molecule has 2 heteroatoms. The molecule has 1 aliphatic carbocycles. The molecule has 1 rings (SSSR count). The Morgan fingerprint density at radius 3 is 1.88 bits per heavy atom. The summed E-state index contributed by atoms with van der Waals surface area (Å²) in [6.45, 7) is 0. The molecule has 0 spiro atoms. The van der Waals surface area contributed by atoms with Crippen molar-refractivity contribution in [2.45, 2.75) is 27.1 Å². The van der Waals surface area contributed by atoms with Crippen LogP contribution in [-0.4, -0.2) is 1.43 Å². The van der Waals surface area contributed by atoms with E-state index in [-0.39, 0.29) is 0 Å². The summed E-state index contributed by atoms with van der Waals surface area (Å²) in [7, 11) is 0. The largest absolute Gasteiger partial charge is 0.0735 e. The molecular weight excluding hydrogens is 326 g/mol. The van der Waals surface area contributed by atoms with Crippen molar-refractivity contribution in [1.82, 2.24) is 0 Å². The molecule has 0 bridgehead atoms. The summed E-state index contributed by atoms with van der Waals surface area (Å²) in [6.07, 6.45) is 7.79. The first-order valence-electron chi connectivity index (χ1n) is 2.90. The molecule has 0 nitrogen and oxygen atoms in total. The molecule has 47 valence electrons. The summed E-state index contributed by atoms with van der Waals surface area (Å²) in [6, 6.07) is 0. The standard InChI is InChI=1S/C6H9I2/c7-6(8)4-2-1-3-5-6/h1H,2-5H2. The summed E-state index contributed by atoms with van der Waals surface area (Å²) in [5.74, 6) is 0. The molecule has 1 saturated carbocycles. The lowest BCUT2D eigenvalue weighted by Crippen LogP contribution is -2.14. The second kappa shape index (κ2) is 3.03. The van der Waals surface area contributed by atoms with Crippen molar-refractivity contribution in [3.63, 3.8) is 0 Å². The molecule has 0 atom stereocenters. The Balaban J connectivity index is 2.33. The van der Waals surface area contributed by atoms with Crippen molar-refractivity contribution in [1.29, 1.82) is 0 Å². The van der Waals surface area contributed by atoms with Gasteiger partial charge >= 0.3 is 0 Å². The molecule has 0 heterocycles. The van der Waals surface area contributed by atoms with Crippen molar-refractivity contribution >= 4 is 45.2 Å². The number of alkyl halides is 2. The summed E-state index contributed by atoms with van der Waals surface area (Å²) in [4.78, 5) is 0. The molecule has 8 heavy (non-hydrogen) atoms. The number of rotatable bonds is 0. The van der Waals surface area contributed by atoms with Crippen LogP contribution in [0.25, 0.3) is 0 Å². The molecule has 1 aliphatic rings. The minimum atomic E-state index is 0.588. The van der Waals surface area contributed by atoms with Crippen molar-refractivity contribution in [3.05, 3.63) is 6.42 Å². The summed E-state index contributed by atoms with van der Waals surface area (Å²) in [5.41, 5.74) is 0. The molecule has 0 amide bonds. The zero-order chi connectivity index (χ0) is 6.04. The number of halogens is 2. The second-order valence-electron chi connectivity index (χ2n) is 2.22. The Morgan fingerprint density at radius 1 is 1.12 bits per heavy atom. The molecule has 0 aromatic carbocycles. The minimum Gasteiger partial charge on any atom is -0.0672 e. The van der Waals surface area contributed by atoms with Crippen LogP contribution in [0.3, 0.4) is 0 Å². The van der Waals surface area contributed by atoms with E-state index in [9.17, 15) is 0 Å². The van der Waals surface area contributed by atoms with Gasteiger partial charge in [-0.1, -0.05) is 45.2 Å². The van der Waals surface area contributed by atoms with Gasteiger partial charge in [0.1, 0.15) is 0 Å². The maximum absolute atomic E-state index is 2.56. The van der Waals surface area contributed by atoms with Crippen LogP contribution in [0.15, 0.2) is 0 Å². The molecule has 0 aromatic heterocycles. The Kier molecular flexibility index (Phi) is 2.87. The second-order valence-corrected chi connectivity index (χ2v) is 8.42. The van der Waals surface area contributed by atoms with Crippen LogP contribution >= 0.6 is 45.2 Å². The highest BCUT2D eigenvalue weighted by Gasteiger charge is 2.24. The van der Waals surface area contributed by atoms with Crippen LogP contribution in [0.1, 0.15) is 25.7 Å². The van der Waals surface area contributed by atoms with Crippen molar-refractivity contribution in [3.8, 4) is 0 Å². The van der Waals surface area contributed by atoms with E-state index in [4.69, 9.17) is 0 Å². The Labute approximate surface area is 78.1 Å². The van der Waals surface area contributed by atoms with Gasteiger partial charge in [0.2, 0.25) is 0 Å². The smallest absolute Gasteiger partial charge is 0.0672 e. The number of hydrogen-bond donors (Lipinski definition) is 0. The first-order valence-corrected chi connectivity index (χ1v) is 5.06. The Bertz CT molecular complexity index is 70.6. The van der Waals surface area contributed by atoms with Crippen molar-refractivity contribution in [2.75, 3.05) is 0 Å². The lowest BCUT2D eigenvalue weighted by Gasteiger charge is -2.24. The highest BCUT2D eigenvalue weighted by molar-refractivity contribution is 14.2. The third kappa shape index (κ3) is 2.37. The fourth-order valence-corrected chi connectivity index (χ4v) is 2.14. The predicted octanol–water partition coefficient (Wildman–Crippen LogP) is 3.33. The van der Waals surface area contributed by atoms with Gasteiger partial charge in [0, 0.05) is 0 Å². The van der Waals surface area contributed by atoms with E-state index in [1.54, 1.807) is 0 Å². The molecule has 0 aliphatic heterocycles. The molecule has 1 fully saturated rings. The average Bonchev–Trinajstić information content (AvgIpc) is 1.65. The third-order valence-electron chi connectivity index (χ3n) is 1.43. The Morgan fingerprint density at radius 2 is 1.62 bits per heavy atom. The van der Waals surface area contributed by atoms with Crippen LogP contribution in [0.5, 0.6) is 0 Å². The summed E-state index contributed by atoms with van der Waals surface area (Å²) in [5, 5.41) is 0. The summed E-state index contributed by atoms with van der Waals surface area (Å²) < 4.78 is 0.588. The molecule has 0 N–H and O–H groups in total. The van der Waals surface area contributed by atoms with E-state index in [1.165, 1.54) is 25.7 Å². The average molecular weight is 335 g/mol. The molecular formula is C6H9I2. The summed E-state index contributed by atoms with van der Waals surface area (Å²) >= 11 is 5.12. The van der Waals surface area contributed by atoms with Crippen LogP contribution in [0.4, 0.5) is 0 Å². The first kappa shape index (κ1) is 7.57. The van der Waals surface area contributed by atoms with E-state index < -0.39 is 0 Å². The van der Waals surface area contributed by atoms with Crippen molar-refractivity contribution in [2.24, 2.45) is 0 Å². The minimum absolute atomic E-state index is 0.588. The van der Waals surface area contributed by atoms with Gasteiger partial charge in [0.15, 0.2) is 0 Å². The van der Waals surface area contributed by atoms with Gasteiger partial charge < -0.3 is 0 Å². The maximum Gasteiger partial charge on any atom is 0.0735 e. The van der Waals surface area contributed by atoms with E-state index >= 15 is 0 Å². The van der Waals surface area contributed by atoms with Gasteiger partial charge in [0.05, 0.1) is 1.43 Å². The van der Waals surface area contributed by atoms with Gasteiger partial charge in [-0.05, 0) is 32.1 Å². The van der Waals surface area contributed by atoms with E-state index in [0.717, 1.165) is 0 Å². The van der Waals surface area contributed by atoms with Crippen LogP contribution in [-0.2, 0) is 0 Å². The lowest BCUT2D eigenvalue weighted by molar-refractivity contribution is 0.610. The topological polar surface area (TPSA) is 0 Å². The van der Waals surface area contributed by atoms with Gasteiger partial charge in [-0.25, -0.2) is 0 Å². The quantitative estimate of drug-likeness (QED) is 0.471. The van der Waals surface area contributed by atoms with E-state index in [1.807, 2.05) is 0 Å². The van der Waals surface area contributed by atoms with E-state index in [2.05, 4.69) is 51.6 Å². The molecule has 0 unspecified atom stereocenters. The van der Waals surface area contributed by atoms with Crippen LogP contribution in [0, 0.1) is 6.42 Å². The first-order chi connectivity index (χ1) is 3.71.